The molecule has 0 fully saturated rings. The lowest BCUT2D eigenvalue weighted by molar-refractivity contribution is 0.592. The molecule has 4 heterocycles. The highest BCUT2D eigenvalue weighted by Gasteiger charge is 2.42. The van der Waals surface area contributed by atoms with Gasteiger partial charge in [-0.05, 0) is 48.5 Å². The molecular weight excluding hydrogens is 537 g/mol. The van der Waals surface area contributed by atoms with Gasteiger partial charge in [0, 0.05) is 28.0 Å². The van der Waals surface area contributed by atoms with E-state index in [2.05, 4.69) is 46.2 Å². The van der Waals surface area contributed by atoms with Gasteiger partial charge in [-0.3, -0.25) is 8.97 Å². The second-order valence-corrected chi connectivity index (χ2v) is 13.4. The lowest BCUT2D eigenvalue weighted by atomic mass is 10.1. The quantitative estimate of drug-likeness (QED) is 0.229. The smallest absolute Gasteiger partial charge is 0.175 e. The summed E-state index contributed by atoms with van der Waals surface area (Å²) in [5.41, 5.74) is 7.01. The Morgan fingerprint density at radius 2 is 1.43 bits per heavy atom. The van der Waals surface area contributed by atoms with Crippen molar-refractivity contribution in [2.75, 3.05) is 0 Å². The summed E-state index contributed by atoms with van der Waals surface area (Å²) in [5, 5.41) is 3.36. The molecule has 1 aliphatic heterocycles. The van der Waals surface area contributed by atoms with Crippen LogP contribution in [0.5, 0.6) is 0 Å². The van der Waals surface area contributed by atoms with Gasteiger partial charge in [0.05, 0.1) is 38.6 Å². The lowest BCUT2D eigenvalue weighted by Crippen LogP contribution is -2.34. The maximum absolute atomic E-state index is 16.1. The first kappa shape index (κ1) is 23.6. The fourth-order valence-corrected chi connectivity index (χ4v) is 9.85. The highest BCUT2D eigenvalue weighted by molar-refractivity contribution is 7.86. The van der Waals surface area contributed by atoms with Gasteiger partial charge in [0.15, 0.2) is 7.14 Å². The van der Waals surface area contributed by atoms with Crippen LogP contribution in [0.15, 0.2) is 115 Å². The number of hydrogen-bond acceptors (Lipinski definition) is 4. The van der Waals surface area contributed by atoms with E-state index in [1.54, 1.807) is 0 Å². The first-order valence-corrected chi connectivity index (χ1v) is 15.9. The molecule has 0 radical (unpaired) electrons. The van der Waals surface area contributed by atoms with Gasteiger partial charge in [-0.1, -0.05) is 73.7 Å². The second-order valence-electron chi connectivity index (χ2n) is 10.7. The van der Waals surface area contributed by atoms with E-state index in [1.807, 2.05) is 84.9 Å². The number of benzene rings is 5. The number of hydrogen-bond donors (Lipinski definition) is 0. The number of para-hydroxylation sites is 4. The van der Waals surface area contributed by atoms with E-state index in [0.29, 0.717) is 0 Å². The largest absolute Gasteiger partial charge is 0.308 e. The number of aryl methyl sites for hydroxylation is 1. The van der Waals surface area contributed by atoms with Crippen molar-refractivity contribution >= 4 is 61.7 Å². The molecule has 0 spiro atoms. The average Bonchev–Trinajstić information content (AvgIpc) is 3.63. The topological polar surface area (TPSA) is 65.1 Å². The molecule has 8 aromatic rings. The van der Waals surface area contributed by atoms with Crippen LogP contribution in [0.3, 0.4) is 0 Å². The molecule has 1 atom stereocenters. The van der Waals surface area contributed by atoms with Gasteiger partial charge in [0.25, 0.3) is 0 Å². The molecule has 7 heteroatoms. The number of fused-ring (bicyclic) bond motifs is 7. The van der Waals surface area contributed by atoms with Crippen LogP contribution >= 0.6 is 7.14 Å². The second kappa shape index (κ2) is 8.48. The van der Waals surface area contributed by atoms with Gasteiger partial charge in [0.1, 0.15) is 17.3 Å². The number of aromatic nitrogens is 5. The first-order chi connectivity index (χ1) is 20.7. The Hall–Kier alpha value is -5.06. The number of imidazole rings is 2. The van der Waals surface area contributed by atoms with Gasteiger partial charge in [-0.2, -0.15) is 0 Å². The summed E-state index contributed by atoms with van der Waals surface area (Å²) in [5.74, 6) is 1.66. The monoisotopic (exact) mass is 561 g/mol. The fraction of sp³-hybridized carbons (Fsp3) is 0.0571. The highest BCUT2D eigenvalue weighted by atomic mass is 31.2. The Kier molecular flexibility index (Phi) is 4.77. The Morgan fingerprint density at radius 1 is 0.690 bits per heavy atom. The van der Waals surface area contributed by atoms with Crippen molar-refractivity contribution in [3.63, 3.8) is 0 Å². The molecule has 42 heavy (non-hydrogen) atoms. The van der Waals surface area contributed by atoms with E-state index in [4.69, 9.17) is 15.0 Å². The summed E-state index contributed by atoms with van der Waals surface area (Å²) >= 11 is 0. The summed E-state index contributed by atoms with van der Waals surface area (Å²) in [6.45, 7) is 2.12. The molecule has 0 amide bonds. The van der Waals surface area contributed by atoms with Crippen LogP contribution in [0.25, 0.3) is 55.7 Å². The van der Waals surface area contributed by atoms with Crippen molar-refractivity contribution in [2.45, 2.75) is 13.3 Å². The van der Waals surface area contributed by atoms with Crippen LogP contribution in [0.1, 0.15) is 12.7 Å². The van der Waals surface area contributed by atoms with Crippen molar-refractivity contribution in [1.29, 1.82) is 0 Å². The zero-order valence-electron chi connectivity index (χ0n) is 22.8. The number of rotatable bonds is 3. The zero-order valence-corrected chi connectivity index (χ0v) is 23.7. The van der Waals surface area contributed by atoms with Gasteiger partial charge in [-0.15, -0.1) is 0 Å². The molecule has 0 bridgehead atoms. The van der Waals surface area contributed by atoms with Crippen LogP contribution in [0.4, 0.5) is 0 Å². The van der Waals surface area contributed by atoms with Crippen LogP contribution < -0.4 is 15.9 Å². The maximum Gasteiger partial charge on any atom is 0.175 e. The van der Waals surface area contributed by atoms with Crippen LogP contribution in [0, 0.1) is 0 Å². The zero-order chi connectivity index (χ0) is 28.0. The fourth-order valence-electron chi connectivity index (χ4n) is 6.67. The summed E-state index contributed by atoms with van der Waals surface area (Å²) in [4.78, 5) is 15.4. The molecule has 0 aliphatic carbocycles. The van der Waals surface area contributed by atoms with Crippen molar-refractivity contribution in [3.8, 4) is 17.1 Å². The Balaban J connectivity index is 1.53. The molecule has 3 aromatic heterocycles. The predicted octanol–water partition coefficient (Wildman–Crippen LogP) is 6.56. The maximum atomic E-state index is 16.1. The van der Waals surface area contributed by atoms with Gasteiger partial charge < -0.3 is 4.57 Å². The van der Waals surface area contributed by atoms with Crippen LogP contribution in [0.2, 0.25) is 0 Å². The van der Waals surface area contributed by atoms with E-state index in [9.17, 15) is 0 Å². The summed E-state index contributed by atoms with van der Waals surface area (Å²) < 4.78 is 20.4. The summed E-state index contributed by atoms with van der Waals surface area (Å²) in [6.07, 6.45) is 0.748. The minimum Gasteiger partial charge on any atom is -0.308 e. The Bertz CT molecular complexity index is 2440. The predicted molar refractivity (Wildman–Crippen MR) is 170 cm³/mol. The minimum absolute atomic E-state index is 0.718. The Morgan fingerprint density at radius 3 is 2.29 bits per heavy atom. The average molecular weight is 562 g/mol. The molecule has 200 valence electrons. The lowest BCUT2D eigenvalue weighted by Gasteiger charge is -2.30. The van der Waals surface area contributed by atoms with E-state index in [0.717, 1.165) is 83.9 Å². The van der Waals surface area contributed by atoms with Gasteiger partial charge >= 0.3 is 0 Å². The van der Waals surface area contributed by atoms with E-state index >= 15 is 4.57 Å². The molecule has 0 N–H and O–H groups in total. The van der Waals surface area contributed by atoms with E-state index < -0.39 is 7.14 Å². The van der Waals surface area contributed by atoms with Gasteiger partial charge in [0.2, 0.25) is 0 Å². The normalized spacial score (nSPS) is 16.0. The highest BCUT2D eigenvalue weighted by Crippen LogP contribution is 2.51. The molecule has 1 unspecified atom stereocenters. The Labute approximate surface area is 241 Å². The summed E-state index contributed by atoms with van der Waals surface area (Å²) in [7, 11) is -3.38. The molecule has 5 aromatic carbocycles. The molecule has 6 nitrogen and oxygen atoms in total. The molecule has 0 saturated carbocycles. The summed E-state index contributed by atoms with van der Waals surface area (Å²) in [6, 6.07) is 38.3. The minimum atomic E-state index is -3.38. The van der Waals surface area contributed by atoms with Crippen molar-refractivity contribution in [3.05, 3.63) is 121 Å². The van der Waals surface area contributed by atoms with Crippen LogP contribution in [-0.2, 0) is 11.0 Å². The third kappa shape index (κ3) is 2.94. The first-order valence-electron chi connectivity index (χ1n) is 14.2. The SMILES string of the molecule is CCc1nc2ccc(-c3nc4ccccc4c4nc5ccccc5n34)c3c2n1-c1ccccc1P3(=O)c1ccccc1. The molecule has 9 rings (SSSR count). The molecule has 1 aliphatic rings. The van der Waals surface area contributed by atoms with Crippen LogP contribution in [-0.4, -0.2) is 23.9 Å². The van der Waals surface area contributed by atoms with E-state index in [1.165, 1.54) is 0 Å². The van der Waals surface area contributed by atoms with Crippen molar-refractivity contribution < 1.29 is 4.57 Å². The van der Waals surface area contributed by atoms with Crippen molar-refractivity contribution in [2.24, 2.45) is 0 Å². The molecule has 0 saturated heterocycles. The van der Waals surface area contributed by atoms with Crippen molar-refractivity contribution in [1.82, 2.24) is 23.9 Å². The third-order valence-electron chi connectivity index (χ3n) is 8.46. The molecular formula is C35H24N5OP. The van der Waals surface area contributed by atoms with E-state index in [-0.39, 0.29) is 0 Å². The third-order valence-corrected chi connectivity index (χ3v) is 11.6. The standard InChI is InChI=1S/C35H24N5OP/c1-2-31-36-27-21-20-24(35-37-25-15-7-6-14-23(25)34-38-26-16-8-9-17-28(26)40(34)35)33-32(27)39(31)29-18-10-11-19-30(29)42(33,41)22-12-4-3-5-13-22/h3-21H,2H2,1H3. The van der Waals surface area contributed by atoms with Gasteiger partial charge in [-0.25, -0.2) is 15.0 Å². The number of nitrogens with zero attached hydrogens (tertiary/aromatic N) is 5.